The minimum Gasteiger partial charge on any atom is -0.273 e. The van der Waals surface area contributed by atoms with Crippen molar-refractivity contribution in [1.29, 1.82) is 0 Å². The Balaban J connectivity index is 1.91. The fourth-order valence-electron chi connectivity index (χ4n) is 2.38. The van der Waals surface area contributed by atoms with E-state index in [0.717, 1.165) is 23.3 Å². The van der Waals surface area contributed by atoms with Crippen molar-refractivity contribution in [3.63, 3.8) is 0 Å². The molecule has 0 saturated heterocycles. The van der Waals surface area contributed by atoms with E-state index in [2.05, 4.69) is 36.5 Å². The smallest absolute Gasteiger partial charge is 0.240 e. The molecular weight excluding hydrogens is 272 g/mol. The predicted molar refractivity (Wildman–Crippen MR) is 91.0 cm³/mol. The Morgan fingerprint density at radius 2 is 1.82 bits per heavy atom. The van der Waals surface area contributed by atoms with Gasteiger partial charge in [-0.25, -0.2) is 5.43 Å². The van der Waals surface area contributed by atoms with Gasteiger partial charge in [-0.15, -0.1) is 0 Å². The number of aryl methyl sites for hydroxylation is 3. The molecule has 3 heteroatoms. The lowest BCUT2D eigenvalue weighted by molar-refractivity contribution is -0.121. The van der Waals surface area contributed by atoms with Crippen LogP contribution in [0, 0.1) is 13.8 Å². The van der Waals surface area contributed by atoms with Crippen LogP contribution in [0.2, 0.25) is 0 Å². The first-order valence-electron chi connectivity index (χ1n) is 7.51. The molecule has 2 aromatic rings. The Morgan fingerprint density at radius 3 is 2.50 bits per heavy atom. The maximum absolute atomic E-state index is 11.9. The van der Waals surface area contributed by atoms with Gasteiger partial charge in [0.25, 0.3) is 0 Å². The number of nitrogens with one attached hydrogen (secondary N) is 1. The van der Waals surface area contributed by atoms with Gasteiger partial charge in [0.15, 0.2) is 0 Å². The van der Waals surface area contributed by atoms with Gasteiger partial charge in [-0.1, -0.05) is 54.1 Å². The number of nitrogens with zero attached hydrogens (tertiary/aromatic N) is 1. The van der Waals surface area contributed by atoms with E-state index in [1.54, 1.807) is 0 Å². The molecule has 0 aliphatic carbocycles. The first-order chi connectivity index (χ1) is 10.6. The molecule has 0 heterocycles. The fraction of sp³-hybridized carbons (Fsp3) is 0.263. The summed E-state index contributed by atoms with van der Waals surface area (Å²) in [6.07, 6.45) is 1.17. The molecule has 0 aliphatic heterocycles. The van der Waals surface area contributed by atoms with Crippen LogP contribution in [-0.2, 0) is 11.2 Å². The monoisotopic (exact) mass is 294 g/mol. The molecule has 0 unspecified atom stereocenters. The highest BCUT2D eigenvalue weighted by molar-refractivity contribution is 6.00. The highest BCUT2D eigenvalue weighted by atomic mass is 16.2. The van der Waals surface area contributed by atoms with Crippen molar-refractivity contribution in [3.8, 4) is 0 Å². The number of amides is 1. The highest BCUT2D eigenvalue weighted by Crippen LogP contribution is 2.11. The summed E-state index contributed by atoms with van der Waals surface area (Å²) in [4.78, 5) is 11.9. The van der Waals surface area contributed by atoms with Gasteiger partial charge in [0.05, 0.1) is 5.71 Å². The lowest BCUT2D eigenvalue weighted by Crippen LogP contribution is -2.19. The van der Waals surface area contributed by atoms with Crippen LogP contribution in [0.4, 0.5) is 0 Å². The molecule has 2 aromatic carbocycles. The summed E-state index contributed by atoms with van der Waals surface area (Å²) in [6.45, 7) is 6.03. The summed E-state index contributed by atoms with van der Waals surface area (Å²) >= 11 is 0. The molecule has 0 atom stereocenters. The Kier molecular flexibility index (Phi) is 5.48. The van der Waals surface area contributed by atoms with Gasteiger partial charge in [0, 0.05) is 12.0 Å². The standard InChI is InChI=1S/C19H22N2O/c1-14-9-11-18(15(2)13-14)16(3)20-21-19(22)12-10-17-7-5-4-6-8-17/h4-9,11,13H,10,12H2,1-3H3,(H,21,22)/b20-16+. The normalized spacial score (nSPS) is 11.3. The lowest BCUT2D eigenvalue weighted by atomic mass is 10.0. The largest absolute Gasteiger partial charge is 0.273 e. The van der Waals surface area contributed by atoms with Crippen LogP contribution in [0.15, 0.2) is 53.6 Å². The molecule has 1 N–H and O–H groups in total. The molecule has 0 saturated carbocycles. The Morgan fingerprint density at radius 1 is 1.09 bits per heavy atom. The highest BCUT2D eigenvalue weighted by Gasteiger charge is 2.04. The molecule has 3 nitrogen and oxygen atoms in total. The topological polar surface area (TPSA) is 41.5 Å². The van der Waals surface area contributed by atoms with E-state index in [9.17, 15) is 4.79 Å². The van der Waals surface area contributed by atoms with Crippen LogP contribution in [0.1, 0.15) is 35.6 Å². The number of carbonyl (C=O) groups excluding carboxylic acids is 1. The number of benzene rings is 2. The van der Waals surface area contributed by atoms with Crippen molar-refractivity contribution in [2.75, 3.05) is 0 Å². The van der Waals surface area contributed by atoms with Crippen molar-refractivity contribution in [1.82, 2.24) is 5.43 Å². The molecule has 0 fully saturated rings. The van der Waals surface area contributed by atoms with Crippen molar-refractivity contribution in [2.45, 2.75) is 33.6 Å². The van der Waals surface area contributed by atoms with Gasteiger partial charge in [0.2, 0.25) is 5.91 Å². The minimum absolute atomic E-state index is 0.0621. The third-order valence-electron chi connectivity index (χ3n) is 3.60. The zero-order valence-corrected chi connectivity index (χ0v) is 13.4. The van der Waals surface area contributed by atoms with Crippen molar-refractivity contribution < 1.29 is 4.79 Å². The predicted octanol–water partition coefficient (Wildman–Crippen LogP) is 3.78. The second kappa shape index (κ2) is 7.55. The van der Waals surface area contributed by atoms with E-state index in [0.29, 0.717) is 6.42 Å². The molecule has 0 spiro atoms. The molecule has 0 aromatic heterocycles. The molecule has 0 bridgehead atoms. The van der Waals surface area contributed by atoms with Crippen LogP contribution in [-0.4, -0.2) is 11.6 Å². The number of carbonyl (C=O) groups is 1. The average molecular weight is 294 g/mol. The molecule has 114 valence electrons. The van der Waals surface area contributed by atoms with Crippen LogP contribution >= 0.6 is 0 Å². The lowest BCUT2D eigenvalue weighted by Gasteiger charge is -2.07. The molecule has 2 rings (SSSR count). The van der Waals surface area contributed by atoms with Gasteiger partial charge >= 0.3 is 0 Å². The van der Waals surface area contributed by atoms with Gasteiger partial charge in [-0.05, 0) is 38.3 Å². The maximum atomic E-state index is 11.9. The van der Waals surface area contributed by atoms with Gasteiger partial charge in [-0.2, -0.15) is 5.10 Å². The Bertz CT molecular complexity index is 675. The number of rotatable bonds is 5. The van der Waals surface area contributed by atoms with E-state index >= 15 is 0 Å². The van der Waals surface area contributed by atoms with Crippen LogP contribution in [0.25, 0.3) is 0 Å². The first kappa shape index (κ1) is 16.0. The second-order valence-electron chi connectivity index (χ2n) is 5.54. The summed E-state index contributed by atoms with van der Waals surface area (Å²) in [5, 5.41) is 4.21. The molecule has 22 heavy (non-hydrogen) atoms. The minimum atomic E-state index is -0.0621. The van der Waals surface area contributed by atoms with E-state index in [4.69, 9.17) is 0 Å². The third kappa shape index (κ3) is 4.55. The second-order valence-corrected chi connectivity index (χ2v) is 5.54. The first-order valence-corrected chi connectivity index (χ1v) is 7.51. The van der Waals surface area contributed by atoms with Crippen molar-refractivity contribution in [3.05, 3.63) is 70.8 Å². The number of hydrogen-bond donors (Lipinski definition) is 1. The van der Waals surface area contributed by atoms with E-state index in [1.165, 1.54) is 11.1 Å². The summed E-state index contributed by atoms with van der Waals surface area (Å²) < 4.78 is 0. The molecular formula is C19H22N2O. The maximum Gasteiger partial charge on any atom is 0.240 e. The molecule has 1 amide bonds. The van der Waals surface area contributed by atoms with E-state index in [-0.39, 0.29) is 5.91 Å². The molecule has 0 aliphatic rings. The van der Waals surface area contributed by atoms with Crippen molar-refractivity contribution in [2.24, 2.45) is 5.10 Å². The average Bonchev–Trinajstić information content (AvgIpc) is 2.51. The van der Waals surface area contributed by atoms with Crippen LogP contribution in [0.3, 0.4) is 0 Å². The SMILES string of the molecule is C/C(=N\NC(=O)CCc1ccccc1)c1ccc(C)cc1C. The fourth-order valence-corrected chi connectivity index (χ4v) is 2.38. The summed E-state index contributed by atoms with van der Waals surface area (Å²) in [5.41, 5.74) is 8.08. The van der Waals surface area contributed by atoms with Crippen LogP contribution < -0.4 is 5.43 Å². The third-order valence-corrected chi connectivity index (χ3v) is 3.60. The summed E-state index contributed by atoms with van der Waals surface area (Å²) in [6, 6.07) is 16.2. The van der Waals surface area contributed by atoms with Gasteiger partial charge < -0.3 is 0 Å². The Labute approximate surface area is 132 Å². The van der Waals surface area contributed by atoms with E-state index in [1.807, 2.05) is 43.3 Å². The number of hydrazone groups is 1. The number of hydrogen-bond acceptors (Lipinski definition) is 2. The summed E-state index contributed by atoms with van der Waals surface area (Å²) in [5.74, 6) is -0.0621. The van der Waals surface area contributed by atoms with Crippen molar-refractivity contribution >= 4 is 11.6 Å². The summed E-state index contributed by atoms with van der Waals surface area (Å²) in [7, 11) is 0. The van der Waals surface area contributed by atoms with Crippen LogP contribution in [0.5, 0.6) is 0 Å². The zero-order valence-electron chi connectivity index (χ0n) is 13.4. The van der Waals surface area contributed by atoms with E-state index < -0.39 is 0 Å². The Hall–Kier alpha value is -2.42. The van der Waals surface area contributed by atoms with Gasteiger partial charge in [-0.3, -0.25) is 4.79 Å². The molecule has 0 radical (unpaired) electrons. The van der Waals surface area contributed by atoms with Gasteiger partial charge in [0.1, 0.15) is 0 Å². The quantitative estimate of drug-likeness (QED) is 0.662. The zero-order chi connectivity index (χ0) is 15.9.